The molecule has 0 fully saturated rings. The predicted molar refractivity (Wildman–Crippen MR) is 63.0 cm³/mol. The predicted octanol–water partition coefficient (Wildman–Crippen LogP) is 2.21. The molecular weight excluding hydrogens is 239 g/mol. The van der Waals surface area contributed by atoms with E-state index in [4.69, 9.17) is 0 Å². The van der Waals surface area contributed by atoms with Gasteiger partial charge in [-0.25, -0.2) is 4.39 Å². The zero-order valence-electron chi connectivity index (χ0n) is 10.2. The largest absolute Gasteiger partial charge is 0.480 e. The summed E-state index contributed by atoms with van der Waals surface area (Å²) in [6.45, 7) is 3.14. The van der Waals surface area contributed by atoms with Crippen LogP contribution in [0.25, 0.3) is 0 Å². The van der Waals surface area contributed by atoms with Crippen LogP contribution in [0.1, 0.15) is 31.4 Å². The fourth-order valence-electron chi connectivity index (χ4n) is 2.00. The number of aliphatic carboxylic acids is 2. The van der Waals surface area contributed by atoms with E-state index in [0.717, 1.165) is 0 Å². The van der Waals surface area contributed by atoms with Crippen LogP contribution >= 0.6 is 0 Å². The Bertz CT molecular complexity index is 468. The summed E-state index contributed by atoms with van der Waals surface area (Å²) in [4.78, 5) is 22.6. The van der Waals surface area contributed by atoms with Gasteiger partial charge in [0.1, 0.15) is 5.82 Å². The highest BCUT2D eigenvalue weighted by Crippen LogP contribution is 2.32. The quantitative estimate of drug-likeness (QED) is 0.790. The minimum Gasteiger partial charge on any atom is -0.480 e. The Balaban J connectivity index is 3.58. The molecule has 98 valence electrons. The van der Waals surface area contributed by atoms with Crippen LogP contribution in [0.5, 0.6) is 0 Å². The molecule has 0 saturated heterocycles. The molecule has 2 N–H and O–H groups in total. The van der Waals surface area contributed by atoms with Gasteiger partial charge < -0.3 is 10.2 Å². The number of benzene rings is 1. The van der Waals surface area contributed by atoms with Gasteiger partial charge in [-0.15, -0.1) is 0 Å². The molecule has 18 heavy (non-hydrogen) atoms. The maximum Gasteiger partial charge on any atom is 0.325 e. The van der Waals surface area contributed by atoms with Gasteiger partial charge in [0.25, 0.3) is 0 Å². The van der Waals surface area contributed by atoms with E-state index < -0.39 is 23.2 Å². The number of hydrogen-bond acceptors (Lipinski definition) is 2. The molecule has 0 aliphatic rings. The second-order valence-electron chi connectivity index (χ2n) is 4.00. The van der Waals surface area contributed by atoms with Crippen molar-refractivity contribution in [2.24, 2.45) is 0 Å². The van der Waals surface area contributed by atoms with Crippen LogP contribution in [0.15, 0.2) is 18.2 Å². The van der Waals surface area contributed by atoms with Crippen LogP contribution in [-0.4, -0.2) is 22.2 Å². The third-order valence-corrected chi connectivity index (χ3v) is 3.18. The van der Waals surface area contributed by atoms with Crippen molar-refractivity contribution in [3.05, 3.63) is 35.1 Å². The summed E-state index contributed by atoms with van der Waals surface area (Å²) < 4.78 is 14.1. The van der Waals surface area contributed by atoms with Gasteiger partial charge in [-0.3, -0.25) is 9.59 Å². The Morgan fingerprint density at radius 2 is 1.78 bits per heavy atom. The highest BCUT2D eigenvalue weighted by atomic mass is 19.1. The maximum atomic E-state index is 14.1. The zero-order chi connectivity index (χ0) is 13.9. The molecule has 0 amide bonds. The number of halogens is 1. The molecule has 0 bridgehead atoms. The molecule has 0 heterocycles. The number of hydrogen-bond donors (Lipinski definition) is 2. The Morgan fingerprint density at radius 3 is 2.17 bits per heavy atom. The molecule has 1 aromatic rings. The van der Waals surface area contributed by atoms with Gasteiger partial charge in [0, 0.05) is 5.56 Å². The first-order valence-corrected chi connectivity index (χ1v) is 5.66. The van der Waals surface area contributed by atoms with Crippen LogP contribution < -0.4 is 0 Å². The highest BCUT2D eigenvalue weighted by Gasteiger charge is 2.48. The van der Waals surface area contributed by atoms with Crippen molar-refractivity contribution in [2.45, 2.75) is 32.1 Å². The zero-order valence-corrected chi connectivity index (χ0v) is 10.2. The fourth-order valence-corrected chi connectivity index (χ4v) is 2.00. The number of aryl methyl sites for hydroxylation is 1. The number of carbonyl (C=O) groups is 2. The van der Waals surface area contributed by atoms with Gasteiger partial charge in [-0.05, 0) is 18.4 Å². The van der Waals surface area contributed by atoms with E-state index in [0.29, 0.717) is 12.0 Å². The molecule has 0 spiro atoms. The molecule has 1 aromatic carbocycles. The summed E-state index contributed by atoms with van der Waals surface area (Å²) in [6.07, 6.45) is 0.153. The van der Waals surface area contributed by atoms with Gasteiger partial charge in [-0.2, -0.15) is 0 Å². The van der Waals surface area contributed by atoms with Crippen molar-refractivity contribution in [2.75, 3.05) is 0 Å². The average molecular weight is 254 g/mol. The molecular formula is C13H15FO4. The van der Waals surface area contributed by atoms with Crippen LogP contribution in [0.3, 0.4) is 0 Å². The van der Waals surface area contributed by atoms with Crippen molar-refractivity contribution in [1.29, 1.82) is 0 Å². The molecule has 0 saturated carbocycles. The van der Waals surface area contributed by atoms with Crippen LogP contribution in [-0.2, 0) is 21.4 Å². The smallest absolute Gasteiger partial charge is 0.325 e. The van der Waals surface area contributed by atoms with E-state index in [-0.39, 0.29) is 12.0 Å². The van der Waals surface area contributed by atoms with Crippen molar-refractivity contribution < 1.29 is 24.2 Å². The van der Waals surface area contributed by atoms with Gasteiger partial charge in [-0.1, -0.05) is 32.0 Å². The third-order valence-electron chi connectivity index (χ3n) is 3.18. The lowest BCUT2D eigenvalue weighted by atomic mass is 9.77. The van der Waals surface area contributed by atoms with E-state index in [1.807, 2.05) is 0 Å². The molecule has 0 aliphatic carbocycles. The number of carboxylic acid groups (broad SMARTS) is 2. The summed E-state index contributed by atoms with van der Waals surface area (Å²) in [6, 6.07) is 4.22. The molecule has 4 nitrogen and oxygen atoms in total. The normalized spacial score (nSPS) is 11.3. The second kappa shape index (κ2) is 5.16. The lowest BCUT2D eigenvalue weighted by Crippen LogP contribution is -2.44. The summed E-state index contributed by atoms with van der Waals surface area (Å²) in [7, 11) is 0. The van der Waals surface area contributed by atoms with Crippen LogP contribution in [0.4, 0.5) is 4.39 Å². The lowest BCUT2D eigenvalue weighted by Gasteiger charge is -2.24. The minimum atomic E-state index is -2.23. The van der Waals surface area contributed by atoms with E-state index in [1.165, 1.54) is 25.1 Å². The topological polar surface area (TPSA) is 74.6 Å². The first-order valence-electron chi connectivity index (χ1n) is 5.66. The van der Waals surface area contributed by atoms with Gasteiger partial charge >= 0.3 is 11.9 Å². The molecule has 5 heteroatoms. The van der Waals surface area contributed by atoms with E-state index in [1.54, 1.807) is 6.92 Å². The highest BCUT2D eigenvalue weighted by molar-refractivity contribution is 6.04. The summed E-state index contributed by atoms with van der Waals surface area (Å²) in [5.74, 6) is -3.85. The van der Waals surface area contributed by atoms with Gasteiger partial charge in [0.15, 0.2) is 5.41 Å². The molecule has 0 aliphatic heterocycles. The average Bonchev–Trinajstić information content (AvgIpc) is 2.31. The van der Waals surface area contributed by atoms with Gasteiger partial charge in [0.05, 0.1) is 0 Å². The van der Waals surface area contributed by atoms with Gasteiger partial charge in [0.2, 0.25) is 0 Å². The standard InChI is InChI=1S/C13H15FO4/c1-3-8-6-5-7-9(10(8)14)13(4-2,11(15)16)12(17)18/h5-7H,3-4H2,1-2H3,(H,15,16)(H,17,18). The van der Waals surface area contributed by atoms with Crippen molar-refractivity contribution >= 4 is 11.9 Å². The SMILES string of the molecule is CCc1cccc(C(CC)(C(=O)O)C(=O)O)c1F. The first kappa shape index (κ1) is 14.2. The molecule has 0 atom stereocenters. The monoisotopic (exact) mass is 254 g/mol. The Labute approximate surface area is 104 Å². The third kappa shape index (κ3) is 1.96. The van der Waals surface area contributed by atoms with Crippen molar-refractivity contribution in [1.82, 2.24) is 0 Å². The second-order valence-corrected chi connectivity index (χ2v) is 4.00. The van der Waals surface area contributed by atoms with Crippen molar-refractivity contribution in [3.8, 4) is 0 Å². The van der Waals surface area contributed by atoms with E-state index in [2.05, 4.69) is 0 Å². The summed E-state index contributed by atoms with van der Waals surface area (Å²) in [5, 5.41) is 18.4. The lowest BCUT2D eigenvalue weighted by molar-refractivity contribution is -0.158. The first-order chi connectivity index (χ1) is 8.41. The maximum absolute atomic E-state index is 14.1. The summed E-state index contributed by atoms with van der Waals surface area (Å²) in [5.41, 5.74) is -2.20. The minimum absolute atomic E-state index is 0.220. The molecule has 0 aromatic heterocycles. The molecule has 1 rings (SSSR count). The fraction of sp³-hybridized carbons (Fsp3) is 0.385. The Morgan fingerprint density at radius 1 is 1.22 bits per heavy atom. The van der Waals surface area contributed by atoms with E-state index >= 15 is 0 Å². The molecule has 0 unspecified atom stereocenters. The Kier molecular flexibility index (Phi) is 4.06. The molecule has 0 radical (unpaired) electrons. The van der Waals surface area contributed by atoms with Crippen LogP contribution in [0, 0.1) is 5.82 Å². The number of carboxylic acids is 2. The Hall–Kier alpha value is -1.91. The number of rotatable bonds is 5. The summed E-state index contributed by atoms with van der Waals surface area (Å²) >= 11 is 0. The van der Waals surface area contributed by atoms with E-state index in [9.17, 15) is 24.2 Å². The van der Waals surface area contributed by atoms with Crippen LogP contribution in [0.2, 0.25) is 0 Å². The van der Waals surface area contributed by atoms with Crippen molar-refractivity contribution in [3.63, 3.8) is 0 Å².